The second-order valence-electron chi connectivity index (χ2n) is 5.33. The summed E-state index contributed by atoms with van der Waals surface area (Å²) in [5.41, 5.74) is 3.93. The smallest absolute Gasteiger partial charge is 0.118 e. The topological polar surface area (TPSA) is 26.6 Å². The van der Waals surface area contributed by atoms with Crippen LogP contribution in [0.3, 0.4) is 0 Å². The maximum absolute atomic E-state index is 5.24. The standard InChI is InChI=1S/C18H21N2O/c1-21-17-8-6-15(7-9-17)18-5-3-2-4-16(18)14-20-12-10-19-11-13-20/h2-9H,10-14H2,1H3. The second-order valence-corrected chi connectivity index (χ2v) is 5.33. The summed E-state index contributed by atoms with van der Waals surface area (Å²) >= 11 is 0. The molecule has 2 aromatic carbocycles. The van der Waals surface area contributed by atoms with E-state index in [4.69, 9.17) is 4.74 Å². The van der Waals surface area contributed by atoms with Gasteiger partial charge in [0, 0.05) is 32.7 Å². The van der Waals surface area contributed by atoms with Gasteiger partial charge in [-0.3, -0.25) is 4.90 Å². The normalized spacial score (nSPS) is 15.9. The highest BCUT2D eigenvalue weighted by Gasteiger charge is 2.13. The van der Waals surface area contributed by atoms with Crippen molar-refractivity contribution in [1.29, 1.82) is 0 Å². The van der Waals surface area contributed by atoms with Crippen LogP contribution in [0.2, 0.25) is 0 Å². The molecule has 0 bridgehead atoms. The van der Waals surface area contributed by atoms with Crippen LogP contribution in [0.4, 0.5) is 0 Å². The molecule has 0 aromatic heterocycles. The van der Waals surface area contributed by atoms with Crippen molar-refractivity contribution < 1.29 is 4.74 Å². The lowest BCUT2D eigenvalue weighted by molar-refractivity contribution is 0.231. The Morgan fingerprint density at radius 3 is 2.43 bits per heavy atom. The minimum absolute atomic E-state index is 0.897. The molecule has 3 heteroatoms. The number of methoxy groups -OCH3 is 1. The second kappa shape index (κ2) is 6.74. The van der Waals surface area contributed by atoms with E-state index in [2.05, 4.69) is 46.6 Å². The van der Waals surface area contributed by atoms with Gasteiger partial charge in [-0.1, -0.05) is 36.4 Å². The highest BCUT2D eigenvalue weighted by molar-refractivity contribution is 5.67. The van der Waals surface area contributed by atoms with Gasteiger partial charge in [-0.2, -0.15) is 0 Å². The predicted octanol–water partition coefficient (Wildman–Crippen LogP) is 2.78. The fourth-order valence-corrected chi connectivity index (χ4v) is 2.76. The van der Waals surface area contributed by atoms with Gasteiger partial charge in [-0.05, 0) is 28.8 Å². The Hall–Kier alpha value is -1.84. The summed E-state index contributed by atoms with van der Waals surface area (Å²) in [6.07, 6.45) is 0. The van der Waals surface area contributed by atoms with E-state index in [1.165, 1.54) is 16.7 Å². The Morgan fingerprint density at radius 2 is 1.71 bits per heavy atom. The summed E-state index contributed by atoms with van der Waals surface area (Å²) in [6, 6.07) is 17.0. The van der Waals surface area contributed by atoms with Crippen LogP contribution in [0.25, 0.3) is 11.1 Å². The number of benzene rings is 2. The van der Waals surface area contributed by atoms with Crippen molar-refractivity contribution in [1.82, 2.24) is 10.2 Å². The Morgan fingerprint density at radius 1 is 1.00 bits per heavy atom. The molecular weight excluding hydrogens is 260 g/mol. The van der Waals surface area contributed by atoms with E-state index in [-0.39, 0.29) is 0 Å². The van der Waals surface area contributed by atoms with Gasteiger partial charge in [0.2, 0.25) is 0 Å². The van der Waals surface area contributed by atoms with Crippen LogP contribution < -0.4 is 10.1 Å². The molecule has 1 aliphatic rings. The van der Waals surface area contributed by atoms with E-state index < -0.39 is 0 Å². The minimum atomic E-state index is 0.897. The highest BCUT2D eigenvalue weighted by Crippen LogP contribution is 2.26. The zero-order chi connectivity index (χ0) is 14.5. The van der Waals surface area contributed by atoms with Crippen molar-refractivity contribution in [2.75, 3.05) is 33.3 Å². The molecule has 3 rings (SSSR count). The van der Waals surface area contributed by atoms with Crippen LogP contribution in [0.5, 0.6) is 5.75 Å². The number of nitrogens with zero attached hydrogens (tertiary/aromatic N) is 2. The van der Waals surface area contributed by atoms with E-state index in [1.807, 2.05) is 12.1 Å². The van der Waals surface area contributed by atoms with Crippen LogP contribution in [0.15, 0.2) is 48.5 Å². The molecule has 1 saturated heterocycles. The van der Waals surface area contributed by atoms with E-state index in [9.17, 15) is 0 Å². The van der Waals surface area contributed by atoms with E-state index >= 15 is 0 Å². The lowest BCUT2D eigenvalue weighted by Gasteiger charge is -2.27. The number of hydrogen-bond acceptors (Lipinski definition) is 2. The number of hydrogen-bond donors (Lipinski definition) is 0. The molecule has 0 spiro atoms. The van der Waals surface area contributed by atoms with Crippen molar-refractivity contribution in [2.24, 2.45) is 0 Å². The molecule has 0 amide bonds. The third kappa shape index (κ3) is 3.43. The van der Waals surface area contributed by atoms with Crippen molar-refractivity contribution in [2.45, 2.75) is 6.54 Å². The summed E-state index contributed by atoms with van der Waals surface area (Å²) in [4.78, 5) is 2.48. The third-order valence-corrected chi connectivity index (χ3v) is 3.96. The molecule has 0 N–H and O–H groups in total. The summed E-state index contributed by atoms with van der Waals surface area (Å²) < 4.78 is 5.24. The van der Waals surface area contributed by atoms with Crippen molar-refractivity contribution >= 4 is 0 Å². The molecule has 0 unspecified atom stereocenters. The van der Waals surface area contributed by atoms with E-state index in [0.29, 0.717) is 0 Å². The zero-order valence-electron chi connectivity index (χ0n) is 12.5. The third-order valence-electron chi connectivity index (χ3n) is 3.96. The van der Waals surface area contributed by atoms with Crippen LogP contribution in [0, 0.1) is 0 Å². The quantitative estimate of drug-likeness (QED) is 0.861. The fraction of sp³-hybridized carbons (Fsp3) is 0.333. The van der Waals surface area contributed by atoms with Gasteiger partial charge in [-0.15, -0.1) is 0 Å². The molecule has 21 heavy (non-hydrogen) atoms. The minimum Gasteiger partial charge on any atom is -0.497 e. The SMILES string of the molecule is COc1ccc(-c2ccccc2CN2CC[N]CC2)cc1. The van der Waals surface area contributed by atoms with Crippen molar-refractivity contribution in [3.63, 3.8) is 0 Å². The van der Waals surface area contributed by atoms with Gasteiger partial charge in [-0.25, -0.2) is 5.32 Å². The number of ether oxygens (including phenoxy) is 1. The van der Waals surface area contributed by atoms with Crippen molar-refractivity contribution in [3.05, 3.63) is 54.1 Å². The Balaban J connectivity index is 1.83. The molecule has 109 valence electrons. The predicted molar refractivity (Wildman–Crippen MR) is 85.6 cm³/mol. The van der Waals surface area contributed by atoms with Crippen molar-refractivity contribution in [3.8, 4) is 16.9 Å². The average molecular weight is 281 g/mol. The lowest BCUT2D eigenvalue weighted by Crippen LogP contribution is -2.39. The molecular formula is C18H21N2O. The Kier molecular flexibility index (Phi) is 4.53. The van der Waals surface area contributed by atoms with Crippen LogP contribution in [-0.4, -0.2) is 38.2 Å². The first kappa shape index (κ1) is 14.1. The first-order chi connectivity index (χ1) is 10.4. The average Bonchev–Trinajstić information content (AvgIpc) is 2.56. The first-order valence-electron chi connectivity index (χ1n) is 7.45. The summed E-state index contributed by atoms with van der Waals surface area (Å²) in [5, 5.41) is 4.41. The summed E-state index contributed by atoms with van der Waals surface area (Å²) in [5.74, 6) is 0.897. The Labute approximate surface area is 126 Å². The lowest BCUT2D eigenvalue weighted by atomic mass is 9.99. The highest BCUT2D eigenvalue weighted by atomic mass is 16.5. The molecule has 1 radical (unpaired) electrons. The van der Waals surface area contributed by atoms with Gasteiger partial charge >= 0.3 is 0 Å². The molecule has 0 saturated carbocycles. The molecule has 0 atom stereocenters. The van der Waals surface area contributed by atoms with Crippen LogP contribution in [0.1, 0.15) is 5.56 Å². The summed E-state index contributed by atoms with van der Waals surface area (Å²) in [7, 11) is 1.70. The Bertz CT molecular complexity index is 574. The maximum Gasteiger partial charge on any atom is 0.118 e. The van der Waals surface area contributed by atoms with Crippen LogP contribution >= 0.6 is 0 Å². The molecule has 1 heterocycles. The fourth-order valence-electron chi connectivity index (χ4n) is 2.76. The zero-order valence-corrected chi connectivity index (χ0v) is 12.5. The molecule has 2 aromatic rings. The van der Waals surface area contributed by atoms with Gasteiger partial charge in [0.1, 0.15) is 5.75 Å². The molecule has 1 fully saturated rings. The number of rotatable bonds is 4. The van der Waals surface area contributed by atoms with Gasteiger partial charge in [0.25, 0.3) is 0 Å². The van der Waals surface area contributed by atoms with Gasteiger partial charge < -0.3 is 4.74 Å². The molecule has 3 nitrogen and oxygen atoms in total. The van der Waals surface area contributed by atoms with E-state index in [1.54, 1.807) is 7.11 Å². The van der Waals surface area contributed by atoms with E-state index in [0.717, 1.165) is 38.5 Å². The summed E-state index contributed by atoms with van der Waals surface area (Å²) in [6.45, 7) is 5.06. The van der Waals surface area contributed by atoms with Gasteiger partial charge in [0.05, 0.1) is 7.11 Å². The monoisotopic (exact) mass is 281 g/mol. The maximum atomic E-state index is 5.24. The molecule has 1 aliphatic heterocycles. The van der Waals surface area contributed by atoms with Crippen LogP contribution in [-0.2, 0) is 6.54 Å². The molecule has 0 aliphatic carbocycles. The number of piperazine rings is 1. The van der Waals surface area contributed by atoms with Gasteiger partial charge in [0.15, 0.2) is 0 Å². The first-order valence-corrected chi connectivity index (χ1v) is 7.45. The largest absolute Gasteiger partial charge is 0.497 e.